The molecule has 12 aromatic carbocycles. The highest BCUT2D eigenvalue weighted by atomic mass is 31.1. The SMILES string of the molecule is c1ccc(Nc2ccccc2N(Pc2ccc(-c3nc(-c4ccc(PN(c5ccccc5)c5ccccc5Nc5ccccc5)cc4)nc(-c4ccc(PN(c5ccccc5)c5ccccc5Nc5ccccc5)cc4)n3)cc2)c2ccccc2)cc1. The van der Waals surface area contributed by atoms with Gasteiger partial charge in [0.25, 0.3) is 0 Å². The van der Waals surface area contributed by atoms with E-state index in [9.17, 15) is 0 Å². The van der Waals surface area contributed by atoms with Crippen LogP contribution in [0.4, 0.5) is 68.2 Å². The summed E-state index contributed by atoms with van der Waals surface area (Å²) >= 11 is 0. The lowest BCUT2D eigenvalue weighted by molar-refractivity contribution is 1.07. The van der Waals surface area contributed by atoms with E-state index in [0.29, 0.717) is 17.5 Å². The molecule has 1 aromatic heterocycles. The van der Waals surface area contributed by atoms with Crippen molar-refractivity contribution in [2.24, 2.45) is 0 Å². The summed E-state index contributed by atoms with van der Waals surface area (Å²) in [7, 11) is 0.839. The number of hydrogen-bond donors (Lipinski definition) is 3. The van der Waals surface area contributed by atoms with Crippen LogP contribution in [0.15, 0.2) is 328 Å². The topological polar surface area (TPSA) is 84.5 Å². The van der Waals surface area contributed by atoms with Crippen LogP contribution in [-0.2, 0) is 0 Å². The van der Waals surface area contributed by atoms with E-state index < -0.39 is 0 Å². The molecule has 0 bridgehead atoms. The summed E-state index contributed by atoms with van der Waals surface area (Å²) in [5, 5.41) is 14.5. The Bertz CT molecular complexity index is 3870. The molecule has 13 aromatic rings. The van der Waals surface area contributed by atoms with Crippen molar-refractivity contribution >= 4 is 110 Å². The minimum atomic E-state index is 0.280. The lowest BCUT2D eigenvalue weighted by Crippen LogP contribution is -2.12. The molecule has 87 heavy (non-hydrogen) atoms. The molecule has 420 valence electrons. The van der Waals surface area contributed by atoms with Crippen LogP contribution in [-0.4, -0.2) is 15.0 Å². The van der Waals surface area contributed by atoms with Gasteiger partial charge in [0, 0.05) is 77.0 Å². The molecule has 0 saturated heterocycles. The van der Waals surface area contributed by atoms with E-state index in [1.54, 1.807) is 0 Å². The van der Waals surface area contributed by atoms with E-state index in [4.69, 9.17) is 15.0 Å². The molecule has 3 unspecified atom stereocenters. The van der Waals surface area contributed by atoms with Gasteiger partial charge in [0.1, 0.15) is 0 Å². The number of benzene rings is 12. The average molecular weight is 1180 g/mol. The van der Waals surface area contributed by atoms with E-state index in [0.717, 1.165) is 101 Å². The molecule has 1 heterocycles. The molecule has 0 fully saturated rings. The third-order valence-corrected chi connectivity index (χ3v) is 18.4. The molecule has 0 aliphatic rings. The summed E-state index contributed by atoms with van der Waals surface area (Å²) in [4.78, 5) is 15.8. The van der Waals surface area contributed by atoms with E-state index in [2.05, 4.69) is 339 Å². The zero-order valence-electron chi connectivity index (χ0n) is 47.4. The van der Waals surface area contributed by atoms with Gasteiger partial charge in [-0.1, -0.05) is 218 Å². The first-order valence-electron chi connectivity index (χ1n) is 28.8. The third kappa shape index (κ3) is 13.8. The lowest BCUT2D eigenvalue weighted by Gasteiger charge is -2.27. The Kier molecular flexibility index (Phi) is 17.5. The third-order valence-electron chi connectivity index (χ3n) is 14.4. The largest absolute Gasteiger partial charge is 0.354 e. The minimum absolute atomic E-state index is 0.280. The summed E-state index contributed by atoms with van der Waals surface area (Å²) in [6, 6.07) is 114. The zero-order chi connectivity index (χ0) is 58.4. The average Bonchev–Trinajstić information content (AvgIpc) is 3.36. The van der Waals surface area contributed by atoms with Crippen LogP contribution in [0.1, 0.15) is 0 Å². The van der Waals surface area contributed by atoms with E-state index in [1.165, 1.54) is 0 Å². The summed E-state index contributed by atoms with van der Waals surface area (Å²) in [6.07, 6.45) is 0. The molecule has 3 atom stereocenters. The number of anilines is 12. The van der Waals surface area contributed by atoms with Crippen LogP contribution in [0.5, 0.6) is 0 Å². The standard InChI is InChI=1S/C75H60N9P3/c1-7-25-58(26-8-1)76-67-37-19-22-40-70(67)82(61-31-13-4-14-32-61)85-64-49-43-55(44-50-64)73-79-74(56-45-51-65(52-46-56)86-83(62-33-15-5-16-34-62)71-41-23-20-38-68(71)77-59-27-9-2-10-28-59)81-75(80-73)57-47-53-66(54-48-57)87-84(63-35-17-6-18-36-63)72-42-24-21-39-69(72)78-60-29-11-3-12-30-60/h1-54,76-78,85-87H. The Morgan fingerprint density at radius 3 is 0.690 bits per heavy atom. The summed E-state index contributed by atoms with van der Waals surface area (Å²) < 4.78 is 7.15. The molecule has 0 amide bonds. The van der Waals surface area contributed by atoms with Crippen LogP contribution >= 0.6 is 26.2 Å². The van der Waals surface area contributed by atoms with Crippen molar-refractivity contribution in [3.63, 3.8) is 0 Å². The molecule has 0 aliphatic carbocycles. The minimum Gasteiger partial charge on any atom is -0.354 e. The van der Waals surface area contributed by atoms with Gasteiger partial charge in [-0.05, 0) is 125 Å². The normalized spacial score (nSPS) is 11.3. The van der Waals surface area contributed by atoms with Crippen molar-refractivity contribution in [2.45, 2.75) is 0 Å². The van der Waals surface area contributed by atoms with Crippen molar-refractivity contribution < 1.29 is 0 Å². The van der Waals surface area contributed by atoms with Gasteiger partial charge in [-0.3, -0.25) is 0 Å². The van der Waals surface area contributed by atoms with Crippen molar-refractivity contribution in [1.82, 2.24) is 15.0 Å². The summed E-state index contributed by atoms with van der Waals surface area (Å²) in [5.74, 6) is 1.78. The number of nitrogens with zero attached hydrogens (tertiary/aromatic N) is 6. The maximum atomic E-state index is 5.27. The number of rotatable bonds is 21. The van der Waals surface area contributed by atoms with Crippen molar-refractivity contribution in [3.05, 3.63) is 328 Å². The van der Waals surface area contributed by atoms with E-state index >= 15 is 0 Å². The fourth-order valence-electron chi connectivity index (χ4n) is 10.1. The highest BCUT2D eigenvalue weighted by Gasteiger charge is 2.20. The van der Waals surface area contributed by atoms with Crippen LogP contribution in [0.25, 0.3) is 34.2 Å². The van der Waals surface area contributed by atoms with Crippen molar-refractivity contribution in [1.29, 1.82) is 0 Å². The van der Waals surface area contributed by atoms with Gasteiger partial charge in [-0.25, -0.2) is 15.0 Å². The van der Waals surface area contributed by atoms with Gasteiger partial charge in [0.05, 0.1) is 34.1 Å². The van der Waals surface area contributed by atoms with Crippen LogP contribution in [0.3, 0.4) is 0 Å². The van der Waals surface area contributed by atoms with Crippen LogP contribution in [0.2, 0.25) is 0 Å². The predicted molar refractivity (Wildman–Crippen MR) is 374 cm³/mol. The molecule has 0 aliphatic heterocycles. The van der Waals surface area contributed by atoms with Gasteiger partial charge in [0.15, 0.2) is 17.5 Å². The second-order valence-electron chi connectivity index (χ2n) is 20.4. The first-order valence-corrected chi connectivity index (χ1v) is 31.6. The monoisotopic (exact) mass is 1180 g/mol. The maximum absolute atomic E-state index is 5.27. The fraction of sp³-hybridized carbons (Fsp3) is 0. The Labute approximate surface area is 514 Å². The lowest BCUT2D eigenvalue weighted by atomic mass is 10.1. The molecule has 0 radical (unpaired) electrons. The number of para-hydroxylation sites is 12. The molecule has 9 nitrogen and oxygen atoms in total. The maximum Gasteiger partial charge on any atom is 0.164 e. The Morgan fingerprint density at radius 1 is 0.218 bits per heavy atom. The molecular formula is C75H60N9P3. The summed E-state index contributed by atoms with van der Waals surface area (Å²) in [5.41, 5.74) is 15.4. The number of aromatic nitrogens is 3. The van der Waals surface area contributed by atoms with Crippen LogP contribution in [0, 0.1) is 0 Å². The molecule has 0 saturated carbocycles. The van der Waals surface area contributed by atoms with Gasteiger partial charge in [-0.15, -0.1) is 0 Å². The second kappa shape index (κ2) is 27.2. The molecule has 13 rings (SSSR count). The molecule has 3 N–H and O–H groups in total. The smallest absolute Gasteiger partial charge is 0.164 e. The zero-order valence-corrected chi connectivity index (χ0v) is 50.4. The number of nitrogens with one attached hydrogen (secondary N) is 3. The van der Waals surface area contributed by atoms with Crippen LogP contribution < -0.4 is 45.9 Å². The Hall–Kier alpha value is -10.3. The predicted octanol–water partition coefficient (Wildman–Crippen LogP) is 19.3. The van der Waals surface area contributed by atoms with Crippen molar-refractivity contribution in [2.75, 3.05) is 30.0 Å². The van der Waals surface area contributed by atoms with Gasteiger partial charge in [-0.2, -0.15) is 0 Å². The van der Waals surface area contributed by atoms with Crippen molar-refractivity contribution in [3.8, 4) is 34.2 Å². The second-order valence-corrected chi connectivity index (χ2v) is 24.2. The van der Waals surface area contributed by atoms with Gasteiger partial charge in [0.2, 0.25) is 0 Å². The Morgan fingerprint density at radius 2 is 0.437 bits per heavy atom. The highest BCUT2D eigenvalue weighted by Crippen LogP contribution is 2.45. The fourth-order valence-corrected chi connectivity index (χ4v) is 13.6. The van der Waals surface area contributed by atoms with E-state index in [1.807, 2.05) is 18.2 Å². The quantitative estimate of drug-likeness (QED) is 0.0609. The first kappa shape index (κ1) is 55.9. The summed E-state index contributed by atoms with van der Waals surface area (Å²) in [6.45, 7) is 0. The molecular weight excluding hydrogens is 1120 g/mol. The van der Waals surface area contributed by atoms with E-state index in [-0.39, 0.29) is 26.2 Å². The van der Waals surface area contributed by atoms with Gasteiger partial charge >= 0.3 is 0 Å². The first-order chi connectivity index (χ1) is 43.1. The number of hydrogen-bond acceptors (Lipinski definition) is 9. The highest BCUT2D eigenvalue weighted by molar-refractivity contribution is 7.50. The Balaban J connectivity index is 0.835. The molecule has 0 spiro atoms. The molecule has 12 heteroatoms. The van der Waals surface area contributed by atoms with Gasteiger partial charge < -0.3 is 30.0 Å².